The Morgan fingerprint density at radius 1 is 1.19 bits per heavy atom. The summed E-state index contributed by atoms with van der Waals surface area (Å²) < 4.78 is 8.68. The van der Waals surface area contributed by atoms with E-state index in [-0.39, 0.29) is 6.10 Å². The first-order chi connectivity index (χ1) is 10.0. The summed E-state index contributed by atoms with van der Waals surface area (Å²) >= 11 is 2.32. The van der Waals surface area contributed by atoms with Gasteiger partial charge < -0.3 is 4.74 Å². The van der Waals surface area contributed by atoms with Crippen LogP contribution in [-0.2, 0) is 7.05 Å². The second kappa shape index (κ2) is 5.63. The summed E-state index contributed by atoms with van der Waals surface area (Å²) in [6.07, 6.45) is 1.94. The molecule has 0 aliphatic rings. The fourth-order valence-electron chi connectivity index (χ4n) is 2.28. The number of nitrogens with zero attached hydrogens (tertiary/aromatic N) is 3. The summed E-state index contributed by atoms with van der Waals surface area (Å²) in [6, 6.07) is 10.2. The van der Waals surface area contributed by atoms with Crippen LogP contribution >= 0.6 is 22.6 Å². The topological polar surface area (TPSA) is 39.9 Å². The van der Waals surface area contributed by atoms with Gasteiger partial charge in [0.2, 0.25) is 5.88 Å². The van der Waals surface area contributed by atoms with E-state index in [2.05, 4.69) is 50.9 Å². The van der Waals surface area contributed by atoms with E-state index in [4.69, 9.17) is 4.74 Å². The second-order valence-electron chi connectivity index (χ2n) is 5.19. The molecule has 0 aliphatic heterocycles. The number of halogens is 1. The van der Waals surface area contributed by atoms with E-state index in [0.717, 1.165) is 22.2 Å². The van der Waals surface area contributed by atoms with Gasteiger partial charge in [0.1, 0.15) is 5.69 Å². The molecule has 0 fully saturated rings. The highest BCUT2D eigenvalue weighted by molar-refractivity contribution is 14.1. The van der Waals surface area contributed by atoms with Crippen LogP contribution in [0.4, 0.5) is 0 Å². The Labute approximate surface area is 137 Å². The zero-order valence-corrected chi connectivity index (χ0v) is 14.3. The minimum absolute atomic E-state index is 0.126. The lowest BCUT2D eigenvalue weighted by Crippen LogP contribution is -2.06. The number of aromatic nitrogens is 3. The molecule has 108 valence electrons. The second-order valence-corrected chi connectivity index (χ2v) is 6.43. The van der Waals surface area contributed by atoms with Gasteiger partial charge in [-0.25, -0.2) is 4.98 Å². The number of benzene rings is 1. The van der Waals surface area contributed by atoms with E-state index in [1.807, 2.05) is 43.9 Å². The van der Waals surface area contributed by atoms with E-state index < -0.39 is 0 Å². The van der Waals surface area contributed by atoms with Crippen LogP contribution in [0.1, 0.15) is 13.8 Å². The van der Waals surface area contributed by atoms with E-state index in [1.54, 1.807) is 0 Å². The molecule has 0 aliphatic carbocycles. The maximum absolute atomic E-state index is 5.58. The van der Waals surface area contributed by atoms with Crippen LogP contribution in [-0.4, -0.2) is 20.9 Å². The van der Waals surface area contributed by atoms with Gasteiger partial charge in [-0.3, -0.25) is 4.68 Å². The molecule has 21 heavy (non-hydrogen) atoms. The molecule has 4 nitrogen and oxygen atoms in total. The van der Waals surface area contributed by atoms with Crippen molar-refractivity contribution in [3.8, 4) is 17.1 Å². The molecule has 0 N–H and O–H groups in total. The van der Waals surface area contributed by atoms with Gasteiger partial charge in [0.05, 0.1) is 11.6 Å². The van der Waals surface area contributed by atoms with Crippen LogP contribution in [0.5, 0.6) is 5.88 Å². The number of ether oxygens (including phenoxy) is 1. The average Bonchev–Trinajstić information content (AvgIpc) is 2.76. The van der Waals surface area contributed by atoms with Crippen molar-refractivity contribution in [3.63, 3.8) is 0 Å². The Bertz CT molecular complexity index is 778. The maximum atomic E-state index is 5.58. The molecule has 2 aromatic heterocycles. The number of pyridine rings is 1. The van der Waals surface area contributed by atoms with E-state index in [1.165, 1.54) is 3.57 Å². The lowest BCUT2D eigenvalue weighted by molar-refractivity contribution is 0.232. The molecule has 0 bridgehead atoms. The Morgan fingerprint density at radius 3 is 2.67 bits per heavy atom. The molecule has 3 rings (SSSR count). The Kier molecular flexibility index (Phi) is 3.84. The average molecular weight is 393 g/mol. The Morgan fingerprint density at radius 2 is 2.00 bits per heavy atom. The van der Waals surface area contributed by atoms with Gasteiger partial charge in [0.15, 0.2) is 0 Å². The number of aryl methyl sites for hydroxylation is 1. The smallest absolute Gasteiger partial charge is 0.213 e. The van der Waals surface area contributed by atoms with Gasteiger partial charge in [-0.1, -0.05) is 0 Å². The molecule has 2 heterocycles. The van der Waals surface area contributed by atoms with Crippen LogP contribution in [0.3, 0.4) is 0 Å². The van der Waals surface area contributed by atoms with Crippen molar-refractivity contribution in [1.29, 1.82) is 0 Å². The summed E-state index contributed by atoms with van der Waals surface area (Å²) in [7, 11) is 1.96. The maximum Gasteiger partial charge on any atom is 0.213 e. The highest BCUT2D eigenvalue weighted by atomic mass is 127. The lowest BCUT2D eigenvalue weighted by atomic mass is 10.1. The molecule has 0 saturated heterocycles. The third kappa shape index (κ3) is 2.88. The minimum Gasteiger partial charge on any atom is -0.475 e. The first-order valence-corrected chi connectivity index (χ1v) is 7.88. The molecule has 0 unspecified atom stereocenters. The fraction of sp³-hybridized carbons (Fsp3) is 0.250. The van der Waals surface area contributed by atoms with Crippen molar-refractivity contribution < 1.29 is 4.74 Å². The van der Waals surface area contributed by atoms with Crippen molar-refractivity contribution in [1.82, 2.24) is 14.8 Å². The molecule has 0 amide bonds. The largest absolute Gasteiger partial charge is 0.475 e. The minimum atomic E-state index is 0.126. The van der Waals surface area contributed by atoms with Crippen LogP contribution in [0.15, 0.2) is 36.5 Å². The number of rotatable bonds is 3. The van der Waals surface area contributed by atoms with Gasteiger partial charge >= 0.3 is 0 Å². The standard InChI is InChI=1S/C16H16IN3O/c1-10(2)21-15-7-4-11(9-18-15)16-13-8-12(17)5-6-14(13)20(3)19-16/h4-10H,1-3H3. The summed E-state index contributed by atoms with van der Waals surface area (Å²) in [5, 5.41) is 5.77. The van der Waals surface area contributed by atoms with Crippen molar-refractivity contribution in [2.75, 3.05) is 0 Å². The lowest BCUT2D eigenvalue weighted by Gasteiger charge is -2.08. The normalized spacial score (nSPS) is 11.3. The molecular weight excluding hydrogens is 377 g/mol. The highest BCUT2D eigenvalue weighted by Gasteiger charge is 2.11. The zero-order chi connectivity index (χ0) is 15.0. The Balaban J connectivity index is 2.06. The first kappa shape index (κ1) is 14.3. The van der Waals surface area contributed by atoms with Crippen LogP contribution < -0.4 is 4.74 Å². The van der Waals surface area contributed by atoms with Crippen LogP contribution in [0.2, 0.25) is 0 Å². The molecule has 0 spiro atoms. The SMILES string of the molecule is CC(C)Oc1ccc(-c2nn(C)c3ccc(I)cc23)cn1. The highest BCUT2D eigenvalue weighted by Crippen LogP contribution is 2.29. The summed E-state index contributed by atoms with van der Waals surface area (Å²) in [4.78, 5) is 4.36. The number of hydrogen-bond donors (Lipinski definition) is 0. The van der Waals surface area contributed by atoms with Crippen molar-refractivity contribution in [2.45, 2.75) is 20.0 Å². The van der Waals surface area contributed by atoms with Crippen LogP contribution in [0.25, 0.3) is 22.2 Å². The van der Waals surface area contributed by atoms with Crippen molar-refractivity contribution in [3.05, 3.63) is 40.1 Å². The predicted octanol–water partition coefficient (Wildman–Crippen LogP) is 4.03. The molecule has 0 radical (unpaired) electrons. The van der Waals surface area contributed by atoms with Gasteiger partial charge in [-0.2, -0.15) is 5.10 Å². The van der Waals surface area contributed by atoms with E-state index in [9.17, 15) is 0 Å². The van der Waals surface area contributed by atoms with Crippen molar-refractivity contribution >= 4 is 33.5 Å². The quantitative estimate of drug-likeness (QED) is 0.631. The molecule has 3 aromatic rings. The number of hydrogen-bond acceptors (Lipinski definition) is 3. The van der Waals surface area contributed by atoms with E-state index in [0.29, 0.717) is 5.88 Å². The monoisotopic (exact) mass is 393 g/mol. The fourth-order valence-corrected chi connectivity index (χ4v) is 2.77. The molecule has 5 heteroatoms. The van der Waals surface area contributed by atoms with Gasteiger partial charge in [-0.15, -0.1) is 0 Å². The zero-order valence-electron chi connectivity index (χ0n) is 12.2. The molecule has 0 saturated carbocycles. The summed E-state index contributed by atoms with van der Waals surface area (Å²) in [5.74, 6) is 0.642. The third-order valence-electron chi connectivity index (χ3n) is 3.18. The van der Waals surface area contributed by atoms with Crippen molar-refractivity contribution in [2.24, 2.45) is 7.05 Å². The van der Waals surface area contributed by atoms with Crippen LogP contribution in [0, 0.1) is 3.57 Å². The first-order valence-electron chi connectivity index (χ1n) is 6.80. The summed E-state index contributed by atoms with van der Waals surface area (Å²) in [5.41, 5.74) is 3.07. The van der Waals surface area contributed by atoms with Gasteiger partial charge in [0, 0.05) is 33.8 Å². The Hall–Kier alpha value is -1.63. The summed E-state index contributed by atoms with van der Waals surface area (Å²) in [6.45, 7) is 3.98. The van der Waals surface area contributed by atoms with Gasteiger partial charge in [-0.05, 0) is 60.7 Å². The van der Waals surface area contributed by atoms with E-state index >= 15 is 0 Å². The predicted molar refractivity (Wildman–Crippen MR) is 92.4 cm³/mol. The number of fused-ring (bicyclic) bond motifs is 1. The van der Waals surface area contributed by atoms with Gasteiger partial charge in [0.25, 0.3) is 0 Å². The molecule has 0 atom stereocenters. The third-order valence-corrected chi connectivity index (χ3v) is 3.85. The molecule has 1 aromatic carbocycles. The molecular formula is C16H16IN3O.